The number of carbonyl (C=O) groups excluding carboxylic acids is 1. The standard InChI is InChI=1S/C25H32F4N4O/c1-5-33(30)23-14-20(10-9-17(23)2)24(34)31-18(3)13-21(16-32-11-7-6-8-12-32)22(15-26)19(4)25(27,28)29/h5,9-10,13-14H,1,4,6-8,11-12,15-16,30H2,2-3H3,(H,31,34)/b18-13+,22-21+. The van der Waals surface area contributed by atoms with Crippen LogP contribution in [0.5, 0.6) is 0 Å². The van der Waals surface area contributed by atoms with Gasteiger partial charge in [0, 0.05) is 24.0 Å². The highest BCUT2D eigenvalue weighted by Crippen LogP contribution is 2.32. The Morgan fingerprint density at radius 2 is 1.91 bits per heavy atom. The number of likely N-dealkylation sites (tertiary alicyclic amines) is 1. The Bertz CT molecular complexity index is 976. The first-order valence-electron chi connectivity index (χ1n) is 11.0. The van der Waals surface area contributed by atoms with Crippen LogP contribution < -0.4 is 16.2 Å². The number of rotatable bonds is 9. The molecule has 0 radical (unpaired) electrons. The average molecular weight is 481 g/mol. The first kappa shape index (κ1) is 27.3. The van der Waals surface area contributed by atoms with Crippen molar-refractivity contribution in [3.63, 3.8) is 0 Å². The van der Waals surface area contributed by atoms with E-state index in [4.69, 9.17) is 5.84 Å². The van der Waals surface area contributed by atoms with Crippen LogP contribution in [-0.2, 0) is 0 Å². The molecule has 2 rings (SSSR count). The molecule has 1 aliphatic heterocycles. The monoisotopic (exact) mass is 480 g/mol. The highest BCUT2D eigenvalue weighted by atomic mass is 19.4. The van der Waals surface area contributed by atoms with Gasteiger partial charge in [-0.05, 0) is 74.7 Å². The van der Waals surface area contributed by atoms with Crippen LogP contribution in [0.2, 0.25) is 0 Å². The Balaban J connectivity index is 2.36. The molecular weight excluding hydrogens is 448 g/mol. The second-order valence-electron chi connectivity index (χ2n) is 8.32. The lowest BCUT2D eigenvalue weighted by Gasteiger charge is -2.28. The van der Waals surface area contributed by atoms with E-state index in [2.05, 4.69) is 18.5 Å². The summed E-state index contributed by atoms with van der Waals surface area (Å²) in [5.74, 6) is 5.39. The lowest BCUT2D eigenvalue weighted by molar-refractivity contribution is -0.0894. The summed E-state index contributed by atoms with van der Waals surface area (Å²) in [7, 11) is 0. The molecule has 5 nitrogen and oxygen atoms in total. The van der Waals surface area contributed by atoms with Crippen LogP contribution in [0, 0.1) is 6.92 Å². The van der Waals surface area contributed by atoms with Crippen molar-refractivity contribution in [2.24, 2.45) is 5.84 Å². The number of aryl methyl sites for hydroxylation is 1. The number of piperidine rings is 1. The lowest BCUT2D eigenvalue weighted by Crippen LogP contribution is -2.32. The molecule has 1 heterocycles. The van der Waals surface area contributed by atoms with Gasteiger partial charge in [0.15, 0.2) is 0 Å². The normalized spacial score (nSPS) is 16.0. The Morgan fingerprint density at radius 3 is 2.47 bits per heavy atom. The van der Waals surface area contributed by atoms with Crippen LogP contribution in [0.1, 0.15) is 42.1 Å². The fourth-order valence-corrected chi connectivity index (χ4v) is 3.79. The molecule has 186 valence electrons. The van der Waals surface area contributed by atoms with Gasteiger partial charge in [-0.3, -0.25) is 14.7 Å². The molecule has 0 atom stereocenters. The van der Waals surface area contributed by atoms with Crippen molar-refractivity contribution in [3.05, 3.63) is 77.2 Å². The van der Waals surface area contributed by atoms with Gasteiger partial charge in [0.25, 0.3) is 5.91 Å². The maximum Gasteiger partial charge on any atom is 0.416 e. The summed E-state index contributed by atoms with van der Waals surface area (Å²) in [4.78, 5) is 14.8. The van der Waals surface area contributed by atoms with Crippen LogP contribution in [0.15, 0.2) is 66.0 Å². The lowest BCUT2D eigenvalue weighted by atomic mass is 9.99. The summed E-state index contributed by atoms with van der Waals surface area (Å²) in [6, 6.07) is 4.92. The molecule has 0 unspecified atom stereocenters. The largest absolute Gasteiger partial charge is 0.416 e. The van der Waals surface area contributed by atoms with E-state index in [0.717, 1.165) is 24.8 Å². The van der Waals surface area contributed by atoms with Crippen LogP contribution in [0.4, 0.5) is 23.2 Å². The number of nitrogens with one attached hydrogen (secondary N) is 1. The summed E-state index contributed by atoms with van der Waals surface area (Å²) >= 11 is 0. The molecule has 1 aliphatic rings. The van der Waals surface area contributed by atoms with Gasteiger partial charge >= 0.3 is 6.18 Å². The smallest absolute Gasteiger partial charge is 0.326 e. The zero-order valence-electron chi connectivity index (χ0n) is 19.6. The Kier molecular flexibility index (Phi) is 9.64. The molecule has 0 bridgehead atoms. The number of alkyl halides is 4. The molecule has 1 saturated heterocycles. The van der Waals surface area contributed by atoms with E-state index < -0.39 is 29.9 Å². The van der Waals surface area contributed by atoms with E-state index in [1.54, 1.807) is 25.1 Å². The number of anilines is 1. The van der Waals surface area contributed by atoms with Gasteiger partial charge in [-0.25, -0.2) is 10.2 Å². The van der Waals surface area contributed by atoms with Gasteiger partial charge in [0.05, 0.1) is 11.3 Å². The number of nitrogens with zero attached hydrogens (tertiary/aromatic N) is 2. The second kappa shape index (κ2) is 12.0. The topological polar surface area (TPSA) is 61.6 Å². The van der Waals surface area contributed by atoms with E-state index in [0.29, 0.717) is 24.3 Å². The number of carbonyl (C=O) groups is 1. The van der Waals surface area contributed by atoms with Gasteiger partial charge in [0.1, 0.15) is 6.67 Å². The number of hydrogen-bond donors (Lipinski definition) is 2. The second-order valence-corrected chi connectivity index (χ2v) is 8.32. The van der Waals surface area contributed by atoms with Crippen molar-refractivity contribution in [1.82, 2.24) is 10.2 Å². The van der Waals surface area contributed by atoms with E-state index in [1.807, 2.05) is 11.8 Å². The highest BCUT2D eigenvalue weighted by molar-refractivity contribution is 5.96. The zero-order chi connectivity index (χ0) is 25.5. The molecule has 1 amide bonds. The first-order chi connectivity index (χ1) is 16.0. The van der Waals surface area contributed by atoms with Crippen LogP contribution >= 0.6 is 0 Å². The maximum atomic E-state index is 13.8. The molecule has 3 N–H and O–H groups in total. The summed E-state index contributed by atoms with van der Waals surface area (Å²) in [5.41, 5.74) is 0.425. The minimum Gasteiger partial charge on any atom is -0.326 e. The fourth-order valence-electron chi connectivity index (χ4n) is 3.79. The number of halogens is 4. The zero-order valence-corrected chi connectivity index (χ0v) is 19.6. The number of hydrazine groups is 1. The van der Waals surface area contributed by atoms with E-state index in [-0.39, 0.29) is 17.8 Å². The van der Waals surface area contributed by atoms with Gasteiger partial charge < -0.3 is 5.32 Å². The summed E-state index contributed by atoms with van der Waals surface area (Å²) in [6.07, 6.45) is 0.950. The minimum atomic E-state index is -4.75. The highest BCUT2D eigenvalue weighted by Gasteiger charge is 2.35. The van der Waals surface area contributed by atoms with Crippen molar-refractivity contribution in [3.8, 4) is 0 Å². The van der Waals surface area contributed by atoms with Crippen molar-refractivity contribution >= 4 is 11.6 Å². The molecule has 0 aromatic heterocycles. The predicted octanol–water partition coefficient (Wildman–Crippen LogP) is 5.32. The summed E-state index contributed by atoms with van der Waals surface area (Å²) in [6.45, 7) is 10.3. The Labute approximate surface area is 198 Å². The number of amides is 1. The van der Waals surface area contributed by atoms with Crippen LogP contribution in [-0.4, -0.2) is 43.3 Å². The van der Waals surface area contributed by atoms with Gasteiger partial charge in [0.2, 0.25) is 0 Å². The van der Waals surface area contributed by atoms with E-state index in [9.17, 15) is 22.4 Å². The third-order valence-electron chi connectivity index (χ3n) is 5.72. The number of allylic oxidation sites excluding steroid dienone is 3. The molecule has 34 heavy (non-hydrogen) atoms. The SMILES string of the molecule is C=CN(N)c1cc(C(=O)N/C(C)=C/C(CN2CCCCC2)=C(/CF)C(=C)C(F)(F)F)ccc1C. The molecule has 9 heteroatoms. The quantitative estimate of drug-likeness (QED) is 0.217. The van der Waals surface area contributed by atoms with Crippen LogP contribution in [0.3, 0.4) is 0 Å². The van der Waals surface area contributed by atoms with Gasteiger partial charge in [-0.1, -0.05) is 25.6 Å². The van der Waals surface area contributed by atoms with E-state index in [1.165, 1.54) is 17.3 Å². The van der Waals surface area contributed by atoms with Crippen molar-refractivity contribution in [2.45, 2.75) is 39.3 Å². The van der Waals surface area contributed by atoms with Gasteiger partial charge in [-0.2, -0.15) is 13.2 Å². The molecule has 0 aliphatic carbocycles. The first-order valence-corrected chi connectivity index (χ1v) is 11.0. The number of hydrogen-bond acceptors (Lipinski definition) is 4. The maximum absolute atomic E-state index is 13.8. The number of benzene rings is 1. The van der Waals surface area contributed by atoms with Crippen LogP contribution in [0.25, 0.3) is 0 Å². The Morgan fingerprint density at radius 1 is 1.26 bits per heavy atom. The van der Waals surface area contributed by atoms with Crippen molar-refractivity contribution in [1.29, 1.82) is 0 Å². The number of nitrogens with two attached hydrogens (primary N) is 1. The Hall–Kier alpha value is -2.91. The average Bonchev–Trinajstić information content (AvgIpc) is 2.79. The van der Waals surface area contributed by atoms with Crippen molar-refractivity contribution < 1.29 is 22.4 Å². The summed E-state index contributed by atoms with van der Waals surface area (Å²) < 4.78 is 53.8. The molecule has 1 aromatic carbocycles. The van der Waals surface area contributed by atoms with E-state index >= 15 is 0 Å². The third kappa shape index (κ3) is 7.30. The molecule has 0 saturated carbocycles. The molecule has 1 aromatic rings. The summed E-state index contributed by atoms with van der Waals surface area (Å²) in [5, 5.41) is 3.96. The third-order valence-corrected chi connectivity index (χ3v) is 5.72. The van der Waals surface area contributed by atoms with Gasteiger partial charge in [-0.15, -0.1) is 0 Å². The molecular formula is C25H32F4N4O. The fraction of sp³-hybridized carbons (Fsp3) is 0.400. The minimum absolute atomic E-state index is 0.137. The predicted molar refractivity (Wildman–Crippen MR) is 128 cm³/mol. The molecule has 0 spiro atoms. The molecule has 1 fully saturated rings. The van der Waals surface area contributed by atoms with Crippen molar-refractivity contribution in [2.75, 3.05) is 31.3 Å².